The molecule has 3 rings (SSSR count). The van der Waals surface area contributed by atoms with E-state index in [1.165, 1.54) is 6.21 Å². The number of phenolic OH excluding ortho intramolecular Hbond substituents is 1. The smallest absolute Gasteiger partial charge is 0.275 e. The highest BCUT2D eigenvalue weighted by Crippen LogP contribution is 2.26. The number of ether oxygens (including phenoxy) is 1. The molecule has 26 heavy (non-hydrogen) atoms. The number of nitrogens with one attached hydrogen (secondary N) is 1. The lowest BCUT2D eigenvalue weighted by molar-refractivity contribution is 0.0952. The van der Waals surface area contributed by atoms with E-state index in [-0.39, 0.29) is 11.3 Å². The molecule has 0 aliphatic rings. The lowest BCUT2D eigenvalue weighted by atomic mass is 10.1. The van der Waals surface area contributed by atoms with Crippen LogP contribution in [0.25, 0.3) is 10.8 Å². The molecule has 0 radical (unpaired) electrons. The molecule has 5 nitrogen and oxygen atoms in total. The Morgan fingerprint density at radius 2 is 1.92 bits per heavy atom. The average molecular weight is 413 g/mol. The van der Waals surface area contributed by atoms with Gasteiger partial charge in [-0.1, -0.05) is 24.3 Å². The van der Waals surface area contributed by atoms with Crippen molar-refractivity contribution in [2.45, 2.75) is 6.92 Å². The number of rotatable bonds is 5. The van der Waals surface area contributed by atoms with Crippen LogP contribution in [0.5, 0.6) is 11.5 Å². The third-order valence-corrected chi connectivity index (χ3v) is 4.36. The van der Waals surface area contributed by atoms with Crippen LogP contribution < -0.4 is 10.2 Å². The number of nitrogens with zero attached hydrogens (tertiary/aromatic N) is 1. The van der Waals surface area contributed by atoms with Crippen molar-refractivity contribution in [1.29, 1.82) is 0 Å². The Hall–Kier alpha value is -2.86. The Balaban J connectivity index is 1.73. The van der Waals surface area contributed by atoms with Crippen molar-refractivity contribution < 1.29 is 14.6 Å². The Bertz CT molecular complexity index is 986. The Morgan fingerprint density at radius 3 is 2.62 bits per heavy atom. The van der Waals surface area contributed by atoms with Crippen LogP contribution in [0.3, 0.4) is 0 Å². The monoisotopic (exact) mass is 412 g/mol. The van der Waals surface area contributed by atoms with Crippen molar-refractivity contribution in [2.75, 3.05) is 6.61 Å². The van der Waals surface area contributed by atoms with Gasteiger partial charge in [-0.05, 0) is 69.5 Å². The average Bonchev–Trinajstić information content (AvgIpc) is 2.63. The van der Waals surface area contributed by atoms with E-state index in [9.17, 15) is 9.90 Å². The third-order valence-electron chi connectivity index (χ3n) is 3.74. The molecule has 3 aromatic rings. The van der Waals surface area contributed by atoms with Crippen LogP contribution in [0.1, 0.15) is 22.8 Å². The van der Waals surface area contributed by atoms with Gasteiger partial charge in [-0.3, -0.25) is 4.79 Å². The fourth-order valence-corrected chi connectivity index (χ4v) is 3.02. The van der Waals surface area contributed by atoms with Crippen molar-refractivity contribution in [3.05, 3.63) is 70.2 Å². The lowest BCUT2D eigenvalue weighted by Crippen LogP contribution is -2.17. The molecule has 0 fully saturated rings. The van der Waals surface area contributed by atoms with Gasteiger partial charge in [0.1, 0.15) is 11.5 Å². The van der Waals surface area contributed by atoms with Gasteiger partial charge >= 0.3 is 0 Å². The molecular weight excluding hydrogens is 396 g/mol. The number of halogens is 1. The lowest BCUT2D eigenvalue weighted by Gasteiger charge is -2.06. The molecule has 6 heteroatoms. The Morgan fingerprint density at radius 1 is 1.19 bits per heavy atom. The maximum absolute atomic E-state index is 12.3. The summed E-state index contributed by atoms with van der Waals surface area (Å²) in [5, 5.41) is 15.8. The number of fused-ring (bicyclic) bond motifs is 1. The number of hydrogen-bond donors (Lipinski definition) is 2. The van der Waals surface area contributed by atoms with Gasteiger partial charge in [0.15, 0.2) is 0 Å². The summed E-state index contributed by atoms with van der Waals surface area (Å²) in [6.07, 6.45) is 1.52. The van der Waals surface area contributed by atoms with Crippen LogP contribution in [-0.2, 0) is 0 Å². The quantitative estimate of drug-likeness (QED) is 0.479. The fourth-order valence-electron chi connectivity index (χ4n) is 2.51. The maximum atomic E-state index is 12.3. The second-order valence-corrected chi connectivity index (χ2v) is 6.39. The molecule has 0 aliphatic carbocycles. The summed E-state index contributed by atoms with van der Waals surface area (Å²) in [5.74, 6) is 0.185. The molecule has 0 heterocycles. The molecule has 2 N–H and O–H groups in total. The van der Waals surface area contributed by atoms with E-state index in [4.69, 9.17) is 4.74 Å². The summed E-state index contributed by atoms with van der Waals surface area (Å²) in [4.78, 5) is 12.3. The van der Waals surface area contributed by atoms with Gasteiger partial charge in [-0.2, -0.15) is 5.10 Å². The fraction of sp³-hybridized carbons (Fsp3) is 0.100. The van der Waals surface area contributed by atoms with E-state index in [0.29, 0.717) is 6.61 Å². The van der Waals surface area contributed by atoms with E-state index in [1.54, 1.807) is 12.1 Å². The van der Waals surface area contributed by atoms with Crippen LogP contribution in [0.15, 0.2) is 64.2 Å². The molecule has 1 amide bonds. The van der Waals surface area contributed by atoms with Crippen LogP contribution in [0.4, 0.5) is 0 Å². The Labute approximate surface area is 159 Å². The van der Waals surface area contributed by atoms with E-state index in [0.717, 1.165) is 26.6 Å². The first kappa shape index (κ1) is 17.9. The zero-order valence-electron chi connectivity index (χ0n) is 14.1. The molecule has 0 atom stereocenters. The number of aromatic hydroxyl groups is 1. The van der Waals surface area contributed by atoms with Gasteiger partial charge in [0.2, 0.25) is 0 Å². The second-order valence-electron chi connectivity index (χ2n) is 5.54. The van der Waals surface area contributed by atoms with Gasteiger partial charge in [-0.15, -0.1) is 0 Å². The standard InChI is InChI=1S/C20H17BrN2O3/c1-2-26-19-8-7-13(9-17(19)21)12-22-23-20(25)16-10-14-5-3-4-6-15(14)11-18(16)24/h3-12,24H,2H2,1H3,(H,23,25). The first-order valence-electron chi connectivity index (χ1n) is 8.06. The van der Waals surface area contributed by atoms with E-state index >= 15 is 0 Å². The van der Waals surface area contributed by atoms with E-state index < -0.39 is 5.91 Å². The van der Waals surface area contributed by atoms with Gasteiger partial charge in [0.25, 0.3) is 5.91 Å². The predicted molar refractivity (Wildman–Crippen MR) is 106 cm³/mol. The minimum absolute atomic E-state index is 0.0831. The highest BCUT2D eigenvalue weighted by Gasteiger charge is 2.11. The van der Waals surface area contributed by atoms with E-state index in [2.05, 4.69) is 26.5 Å². The van der Waals surface area contributed by atoms with Crippen LogP contribution in [0, 0.1) is 0 Å². The van der Waals surface area contributed by atoms with Crippen LogP contribution in [0.2, 0.25) is 0 Å². The zero-order chi connectivity index (χ0) is 18.5. The molecule has 0 bridgehead atoms. The summed E-state index contributed by atoms with van der Waals surface area (Å²) in [6.45, 7) is 2.50. The molecule has 0 spiro atoms. The summed E-state index contributed by atoms with van der Waals surface area (Å²) in [5.41, 5.74) is 3.41. The van der Waals surface area contributed by atoms with E-state index in [1.807, 2.05) is 49.4 Å². The molecule has 0 saturated heterocycles. The number of benzene rings is 3. The minimum atomic E-state index is -0.477. The minimum Gasteiger partial charge on any atom is -0.507 e. The molecule has 132 valence electrons. The Kier molecular flexibility index (Phi) is 5.53. The molecule has 3 aromatic carbocycles. The van der Waals surface area contributed by atoms with Crippen LogP contribution >= 0.6 is 15.9 Å². The second kappa shape index (κ2) is 8.01. The molecule has 0 unspecified atom stereocenters. The third kappa shape index (κ3) is 4.03. The topological polar surface area (TPSA) is 70.9 Å². The van der Waals surface area contributed by atoms with Crippen molar-refractivity contribution in [3.63, 3.8) is 0 Å². The largest absolute Gasteiger partial charge is 0.507 e. The van der Waals surface area contributed by atoms with Crippen molar-refractivity contribution in [1.82, 2.24) is 5.43 Å². The SMILES string of the molecule is CCOc1ccc(C=NNC(=O)c2cc3ccccc3cc2O)cc1Br. The summed E-state index contributed by atoms with van der Waals surface area (Å²) >= 11 is 3.43. The number of phenols is 1. The van der Waals surface area contributed by atoms with Crippen molar-refractivity contribution in [3.8, 4) is 11.5 Å². The number of carbonyl (C=O) groups is 1. The number of hydrazone groups is 1. The molecule has 0 aliphatic heterocycles. The first-order chi connectivity index (χ1) is 12.6. The van der Waals surface area contributed by atoms with Gasteiger partial charge < -0.3 is 9.84 Å². The van der Waals surface area contributed by atoms with Crippen molar-refractivity contribution >= 4 is 38.8 Å². The number of carbonyl (C=O) groups excluding carboxylic acids is 1. The normalized spacial score (nSPS) is 11.0. The summed E-state index contributed by atoms with van der Waals surface area (Å²) in [6, 6.07) is 16.2. The highest BCUT2D eigenvalue weighted by molar-refractivity contribution is 9.10. The predicted octanol–water partition coefficient (Wildman–Crippen LogP) is 4.47. The highest BCUT2D eigenvalue weighted by atomic mass is 79.9. The number of amides is 1. The zero-order valence-corrected chi connectivity index (χ0v) is 15.7. The number of hydrogen-bond acceptors (Lipinski definition) is 4. The first-order valence-corrected chi connectivity index (χ1v) is 8.85. The molecule has 0 saturated carbocycles. The van der Waals surface area contributed by atoms with Gasteiger partial charge in [0.05, 0.1) is 22.9 Å². The van der Waals surface area contributed by atoms with Crippen LogP contribution in [-0.4, -0.2) is 23.8 Å². The summed E-state index contributed by atoms with van der Waals surface area (Å²) in [7, 11) is 0. The van der Waals surface area contributed by atoms with Crippen molar-refractivity contribution in [2.24, 2.45) is 5.10 Å². The molecular formula is C20H17BrN2O3. The summed E-state index contributed by atoms with van der Waals surface area (Å²) < 4.78 is 6.26. The van der Waals surface area contributed by atoms with Gasteiger partial charge in [0, 0.05) is 0 Å². The maximum Gasteiger partial charge on any atom is 0.275 e. The molecule has 0 aromatic heterocycles. The van der Waals surface area contributed by atoms with Gasteiger partial charge in [-0.25, -0.2) is 5.43 Å².